The largest absolute Gasteiger partial charge is 0.365 e. The zero-order chi connectivity index (χ0) is 24.8. The van der Waals surface area contributed by atoms with E-state index in [1.807, 2.05) is 26.1 Å². The zero-order valence-electron chi connectivity index (χ0n) is 19.2. The van der Waals surface area contributed by atoms with E-state index in [1.165, 1.54) is 6.08 Å². The fourth-order valence-corrected chi connectivity index (χ4v) is 4.38. The summed E-state index contributed by atoms with van der Waals surface area (Å²) in [6.07, 6.45) is 3.71. The van der Waals surface area contributed by atoms with Gasteiger partial charge in [-0.2, -0.15) is 0 Å². The number of amides is 4. The molecule has 0 radical (unpaired) electrons. The van der Waals surface area contributed by atoms with E-state index >= 15 is 0 Å². The first-order valence-electron chi connectivity index (χ1n) is 10.6. The standard InChI is InChI=1S/C25H24Cl2N4O3/c1-14-12-25(2,3)30(4)21-11-19(27)15(9-18(14)21)10-20-23(33)31(24(34)29-20)13-22(32)28-17-7-5-16(26)6-8-17/h5-12H,13H2,1-4H3,(H,28,32)(H,29,34)/b20-10-. The molecule has 9 heteroatoms. The van der Waals surface area contributed by atoms with Crippen molar-refractivity contribution in [2.24, 2.45) is 0 Å². The third kappa shape index (κ3) is 4.54. The van der Waals surface area contributed by atoms with Crippen molar-refractivity contribution in [3.05, 3.63) is 69.3 Å². The highest BCUT2D eigenvalue weighted by Crippen LogP contribution is 2.41. The summed E-state index contributed by atoms with van der Waals surface area (Å²) < 4.78 is 0. The zero-order valence-corrected chi connectivity index (χ0v) is 20.7. The van der Waals surface area contributed by atoms with Crippen LogP contribution in [0.1, 0.15) is 31.9 Å². The predicted octanol–water partition coefficient (Wildman–Crippen LogP) is 5.16. The number of fused-ring (bicyclic) bond motifs is 1. The number of carbonyl (C=O) groups is 3. The molecule has 0 spiro atoms. The van der Waals surface area contributed by atoms with Crippen molar-refractivity contribution < 1.29 is 14.4 Å². The summed E-state index contributed by atoms with van der Waals surface area (Å²) >= 11 is 12.4. The molecular weight excluding hydrogens is 475 g/mol. The number of hydrogen-bond donors (Lipinski definition) is 2. The molecule has 0 bridgehead atoms. The Labute approximate surface area is 208 Å². The number of anilines is 2. The lowest BCUT2D eigenvalue weighted by molar-refractivity contribution is -0.127. The van der Waals surface area contributed by atoms with Gasteiger partial charge in [0.05, 0.1) is 5.54 Å². The quantitative estimate of drug-likeness (QED) is 0.450. The molecule has 0 unspecified atom stereocenters. The Morgan fingerprint density at radius 3 is 2.50 bits per heavy atom. The number of nitrogens with one attached hydrogen (secondary N) is 2. The Morgan fingerprint density at radius 1 is 1.15 bits per heavy atom. The maximum Gasteiger partial charge on any atom is 0.329 e. The topological polar surface area (TPSA) is 81.8 Å². The molecule has 0 aromatic heterocycles. The average Bonchev–Trinajstić information content (AvgIpc) is 3.02. The minimum absolute atomic E-state index is 0.0530. The summed E-state index contributed by atoms with van der Waals surface area (Å²) in [6, 6.07) is 9.61. The van der Waals surface area contributed by atoms with Crippen LogP contribution in [0.15, 0.2) is 48.2 Å². The van der Waals surface area contributed by atoms with Gasteiger partial charge in [-0.1, -0.05) is 29.3 Å². The van der Waals surface area contributed by atoms with Gasteiger partial charge in [0.15, 0.2) is 0 Å². The third-order valence-electron chi connectivity index (χ3n) is 6.03. The fraction of sp³-hybridized carbons (Fsp3) is 0.240. The Hall–Kier alpha value is -3.29. The molecule has 2 aliphatic rings. The van der Waals surface area contributed by atoms with Gasteiger partial charge >= 0.3 is 6.03 Å². The van der Waals surface area contributed by atoms with Gasteiger partial charge in [0.1, 0.15) is 12.2 Å². The second-order valence-corrected chi connectivity index (χ2v) is 9.71. The monoisotopic (exact) mass is 498 g/mol. The number of carbonyl (C=O) groups excluding carboxylic acids is 3. The predicted molar refractivity (Wildman–Crippen MR) is 136 cm³/mol. The second-order valence-electron chi connectivity index (χ2n) is 8.87. The Bertz CT molecular complexity index is 1270. The van der Waals surface area contributed by atoms with Crippen LogP contribution in [0.4, 0.5) is 16.2 Å². The highest BCUT2D eigenvalue weighted by molar-refractivity contribution is 6.33. The number of likely N-dealkylation sites (N-methyl/N-ethyl adjacent to an activating group) is 1. The summed E-state index contributed by atoms with van der Waals surface area (Å²) in [6.45, 7) is 5.84. The summed E-state index contributed by atoms with van der Waals surface area (Å²) in [4.78, 5) is 40.6. The molecule has 2 aromatic rings. The van der Waals surface area contributed by atoms with Gasteiger partial charge in [-0.05, 0) is 74.4 Å². The summed E-state index contributed by atoms with van der Waals surface area (Å²) in [5, 5.41) is 6.15. The number of halogens is 2. The lowest BCUT2D eigenvalue weighted by atomic mass is 9.88. The van der Waals surface area contributed by atoms with Crippen LogP contribution >= 0.6 is 23.2 Å². The molecule has 1 saturated heterocycles. The highest BCUT2D eigenvalue weighted by Gasteiger charge is 2.35. The van der Waals surface area contributed by atoms with E-state index in [9.17, 15) is 14.4 Å². The normalized spacial score (nSPS) is 18.1. The molecule has 2 aromatic carbocycles. The number of allylic oxidation sites excluding steroid dienone is 1. The number of hydrogen-bond acceptors (Lipinski definition) is 4. The number of imide groups is 1. The van der Waals surface area contributed by atoms with E-state index in [2.05, 4.69) is 35.5 Å². The lowest BCUT2D eigenvalue weighted by Crippen LogP contribution is -2.42. The van der Waals surface area contributed by atoms with Crippen LogP contribution in [0, 0.1) is 0 Å². The van der Waals surface area contributed by atoms with Crippen LogP contribution < -0.4 is 15.5 Å². The first-order valence-corrected chi connectivity index (χ1v) is 11.4. The van der Waals surface area contributed by atoms with Crippen molar-refractivity contribution >= 4 is 64.1 Å². The molecule has 2 aliphatic heterocycles. The molecule has 7 nitrogen and oxygen atoms in total. The maximum atomic E-state index is 12.9. The molecule has 1 fully saturated rings. The smallest absolute Gasteiger partial charge is 0.329 e. The van der Waals surface area contributed by atoms with Gasteiger partial charge < -0.3 is 15.5 Å². The van der Waals surface area contributed by atoms with Crippen LogP contribution in [-0.4, -0.2) is 41.9 Å². The summed E-state index contributed by atoms with van der Waals surface area (Å²) in [7, 11) is 2.00. The van der Waals surface area contributed by atoms with Gasteiger partial charge in [-0.15, -0.1) is 0 Å². The molecule has 4 rings (SSSR count). The van der Waals surface area contributed by atoms with Crippen molar-refractivity contribution in [2.75, 3.05) is 23.8 Å². The number of nitrogens with zero attached hydrogens (tertiary/aromatic N) is 2. The van der Waals surface area contributed by atoms with E-state index in [0.29, 0.717) is 21.3 Å². The minimum atomic E-state index is -0.672. The number of benzene rings is 2. The van der Waals surface area contributed by atoms with Crippen LogP contribution in [-0.2, 0) is 9.59 Å². The van der Waals surface area contributed by atoms with E-state index in [0.717, 1.165) is 21.7 Å². The van der Waals surface area contributed by atoms with E-state index in [1.54, 1.807) is 24.3 Å². The van der Waals surface area contributed by atoms with Gasteiger partial charge in [0.25, 0.3) is 5.91 Å². The van der Waals surface area contributed by atoms with Crippen molar-refractivity contribution in [1.29, 1.82) is 0 Å². The molecule has 0 atom stereocenters. The second kappa shape index (κ2) is 8.81. The molecule has 0 saturated carbocycles. The molecule has 2 heterocycles. The van der Waals surface area contributed by atoms with Crippen molar-refractivity contribution in [3.8, 4) is 0 Å². The molecule has 34 heavy (non-hydrogen) atoms. The molecule has 0 aliphatic carbocycles. The van der Waals surface area contributed by atoms with Crippen molar-refractivity contribution in [3.63, 3.8) is 0 Å². The maximum absolute atomic E-state index is 12.9. The third-order valence-corrected chi connectivity index (χ3v) is 6.61. The van der Waals surface area contributed by atoms with Gasteiger partial charge in [-0.25, -0.2) is 9.69 Å². The van der Waals surface area contributed by atoms with Crippen LogP contribution in [0.25, 0.3) is 11.6 Å². The Morgan fingerprint density at radius 2 is 1.82 bits per heavy atom. The van der Waals surface area contributed by atoms with Gasteiger partial charge in [0.2, 0.25) is 5.91 Å². The number of urea groups is 1. The Kier molecular flexibility index (Phi) is 6.18. The molecule has 176 valence electrons. The summed E-state index contributed by atoms with van der Waals surface area (Å²) in [5.74, 6) is -1.11. The number of rotatable bonds is 4. The molecular formula is C25H24Cl2N4O3. The van der Waals surface area contributed by atoms with E-state index < -0.39 is 24.4 Å². The van der Waals surface area contributed by atoms with Crippen LogP contribution in [0.3, 0.4) is 0 Å². The average molecular weight is 499 g/mol. The minimum Gasteiger partial charge on any atom is -0.365 e. The van der Waals surface area contributed by atoms with E-state index in [-0.39, 0.29) is 11.2 Å². The lowest BCUT2D eigenvalue weighted by Gasteiger charge is -2.40. The summed E-state index contributed by atoms with van der Waals surface area (Å²) in [5.41, 5.74) is 4.07. The van der Waals surface area contributed by atoms with Crippen molar-refractivity contribution in [1.82, 2.24) is 10.2 Å². The van der Waals surface area contributed by atoms with Crippen LogP contribution in [0.2, 0.25) is 10.0 Å². The molecule has 4 amide bonds. The van der Waals surface area contributed by atoms with Gasteiger partial charge in [-0.3, -0.25) is 9.59 Å². The first-order chi connectivity index (χ1) is 16.0. The van der Waals surface area contributed by atoms with Crippen molar-refractivity contribution in [2.45, 2.75) is 26.3 Å². The first kappa shape index (κ1) is 23.9. The fourth-order valence-electron chi connectivity index (χ4n) is 4.05. The van der Waals surface area contributed by atoms with E-state index in [4.69, 9.17) is 23.2 Å². The highest BCUT2D eigenvalue weighted by atomic mass is 35.5. The van der Waals surface area contributed by atoms with Crippen LogP contribution in [0.5, 0.6) is 0 Å². The SMILES string of the molecule is CC1=CC(C)(C)N(C)c2cc(Cl)c(/C=C3\NC(=O)N(CC(=O)Nc4ccc(Cl)cc4)C3=O)cc21. The molecule has 2 N–H and O–H groups in total. The van der Waals surface area contributed by atoms with Gasteiger partial charge in [0, 0.05) is 34.0 Å². The Balaban J connectivity index is 1.55.